The van der Waals surface area contributed by atoms with Crippen molar-refractivity contribution in [2.24, 2.45) is 7.05 Å². The molecule has 0 aliphatic heterocycles. The summed E-state index contributed by atoms with van der Waals surface area (Å²) in [6.07, 6.45) is 3.90. The molecule has 0 unspecified atom stereocenters. The van der Waals surface area contributed by atoms with Crippen LogP contribution in [0, 0.1) is 0 Å². The van der Waals surface area contributed by atoms with Gasteiger partial charge < -0.3 is 4.55 Å². The summed E-state index contributed by atoms with van der Waals surface area (Å²) in [5, 5.41) is 4.24. The number of aryl methyl sites for hydroxylation is 1. The Labute approximate surface area is 119 Å². The molecule has 0 fully saturated rings. The molecule has 0 aliphatic carbocycles. The summed E-state index contributed by atoms with van der Waals surface area (Å²) < 4.78 is 62.6. The van der Waals surface area contributed by atoms with Crippen molar-refractivity contribution in [2.45, 2.75) is 12.1 Å². The molecule has 1 heterocycles. The van der Waals surface area contributed by atoms with Crippen molar-refractivity contribution in [1.29, 1.82) is 0 Å². The first-order chi connectivity index (χ1) is 9.59. The molecule has 10 heteroatoms. The van der Waals surface area contributed by atoms with E-state index in [-0.39, 0.29) is 0 Å². The van der Waals surface area contributed by atoms with Crippen molar-refractivity contribution >= 4 is 10.1 Å². The van der Waals surface area contributed by atoms with E-state index >= 15 is 0 Å². The van der Waals surface area contributed by atoms with Gasteiger partial charge in [0.1, 0.15) is 13.6 Å². The Morgan fingerprint density at radius 1 is 1.29 bits per heavy atom. The van der Waals surface area contributed by atoms with Crippen LogP contribution >= 0.6 is 0 Å². The number of hydrogen-bond donors (Lipinski definition) is 0. The molecule has 0 bridgehead atoms. The van der Waals surface area contributed by atoms with E-state index in [1.54, 1.807) is 4.68 Å². The normalized spacial score (nSPS) is 11.7. The first kappa shape index (κ1) is 17.1. The van der Waals surface area contributed by atoms with Crippen LogP contribution in [0.15, 0.2) is 42.7 Å². The molecular formula is C11H12F3N3O3S. The third kappa shape index (κ3) is 5.92. The predicted octanol–water partition coefficient (Wildman–Crippen LogP) is 0.807. The van der Waals surface area contributed by atoms with E-state index < -0.39 is 15.6 Å². The standard InChI is InChI=1S/C10H12N3.CHF3O3S/c1-12-7-8-13(11-12)9-10-5-3-2-4-6-10;2-1(3,4)8(5,6)7/h2-8H,9H2,1H3;(H,5,6,7)/q+1;/p-1. The molecule has 116 valence electrons. The summed E-state index contributed by atoms with van der Waals surface area (Å²) in [6, 6.07) is 10.3. The zero-order valence-corrected chi connectivity index (χ0v) is 11.7. The maximum absolute atomic E-state index is 10.7. The number of hydrogen-bond acceptors (Lipinski definition) is 4. The van der Waals surface area contributed by atoms with Crippen LogP contribution in [0.2, 0.25) is 0 Å². The molecule has 0 radical (unpaired) electrons. The average Bonchev–Trinajstić information content (AvgIpc) is 2.74. The van der Waals surface area contributed by atoms with E-state index in [1.165, 1.54) is 5.56 Å². The Morgan fingerprint density at radius 3 is 2.19 bits per heavy atom. The lowest BCUT2D eigenvalue weighted by Gasteiger charge is -2.08. The molecule has 0 saturated carbocycles. The van der Waals surface area contributed by atoms with Crippen molar-refractivity contribution in [3.63, 3.8) is 0 Å². The van der Waals surface area contributed by atoms with Gasteiger partial charge in [0, 0.05) is 0 Å². The number of halogens is 3. The van der Waals surface area contributed by atoms with Crippen molar-refractivity contribution in [2.75, 3.05) is 0 Å². The molecule has 0 spiro atoms. The van der Waals surface area contributed by atoms with Gasteiger partial charge in [0.15, 0.2) is 22.5 Å². The second-order valence-corrected chi connectivity index (χ2v) is 5.32. The van der Waals surface area contributed by atoms with Gasteiger partial charge in [-0.25, -0.2) is 8.42 Å². The van der Waals surface area contributed by atoms with Gasteiger partial charge in [0.2, 0.25) is 0 Å². The van der Waals surface area contributed by atoms with Crippen molar-refractivity contribution < 1.29 is 30.8 Å². The van der Waals surface area contributed by atoms with Crippen molar-refractivity contribution in [3.8, 4) is 0 Å². The molecule has 1 aromatic carbocycles. The molecule has 2 aromatic rings. The summed E-state index contributed by atoms with van der Waals surface area (Å²) in [7, 11) is -4.17. The van der Waals surface area contributed by atoms with E-state index in [0.29, 0.717) is 0 Å². The largest absolute Gasteiger partial charge is 0.741 e. The fourth-order valence-corrected chi connectivity index (χ4v) is 1.27. The van der Waals surface area contributed by atoms with Crippen molar-refractivity contribution in [1.82, 2.24) is 9.90 Å². The van der Waals surface area contributed by atoms with Gasteiger partial charge in [-0.2, -0.15) is 13.2 Å². The van der Waals surface area contributed by atoms with Gasteiger partial charge in [-0.3, -0.25) is 0 Å². The van der Waals surface area contributed by atoms with E-state index in [9.17, 15) is 13.2 Å². The molecule has 0 amide bonds. The summed E-state index contributed by atoms with van der Waals surface area (Å²) in [4.78, 5) is 0. The van der Waals surface area contributed by atoms with Gasteiger partial charge in [-0.1, -0.05) is 30.3 Å². The molecule has 6 nitrogen and oxygen atoms in total. The Kier molecular flexibility index (Phi) is 5.44. The highest BCUT2D eigenvalue weighted by Crippen LogP contribution is 2.20. The zero-order valence-electron chi connectivity index (χ0n) is 10.9. The number of rotatable bonds is 2. The van der Waals surface area contributed by atoms with Crippen molar-refractivity contribution in [3.05, 3.63) is 48.3 Å². The Bertz CT molecular complexity index is 669. The molecule has 1 aromatic heterocycles. The minimum atomic E-state index is -6.09. The molecule has 0 aliphatic rings. The maximum atomic E-state index is 10.7. The minimum absolute atomic E-state index is 0.835. The number of alkyl halides is 3. The van der Waals surface area contributed by atoms with Gasteiger partial charge in [-0.15, -0.1) is 9.36 Å². The molecular weight excluding hydrogens is 311 g/mol. The van der Waals surface area contributed by atoms with Crippen LogP contribution in [0.3, 0.4) is 0 Å². The molecule has 0 saturated heterocycles. The van der Waals surface area contributed by atoms with Gasteiger partial charge in [0.05, 0.1) is 5.21 Å². The highest BCUT2D eigenvalue weighted by Gasteiger charge is 2.36. The number of nitrogens with zero attached hydrogens (tertiary/aromatic N) is 3. The average molecular weight is 323 g/mol. The second-order valence-electron chi connectivity index (χ2n) is 3.94. The lowest BCUT2D eigenvalue weighted by atomic mass is 10.2. The fraction of sp³-hybridized carbons (Fsp3) is 0.273. The number of aromatic nitrogens is 3. The Hall–Kier alpha value is -1.94. The zero-order chi connectivity index (χ0) is 16.1. The monoisotopic (exact) mass is 323 g/mol. The third-order valence-corrected chi connectivity index (χ3v) is 2.75. The smallest absolute Gasteiger partial charge is 0.485 e. The van der Waals surface area contributed by atoms with Gasteiger partial charge in [-0.05, 0) is 5.56 Å². The topological polar surface area (TPSA) is 78.9 Å². The Balaban J connectivity index is 0.000000240. The van der Waals surface area contributed by atoms with Crippen LogP contribution in [0.4, 0.5) is 13.2 Å². The minimum Gasteiger partial charge on any atom is -0.741 e. The number of benzene rings is 1. The fourth-order valence-electron chi connectivity index (χ4n) is 1.27. The first-order valence-corrected chi connectivity index (χ1v) is 6.96. The first-order valence-electron chi connectivity index (χ1n) is 5.55. The van der Waals surface area contributed by atoms with Gasteiger partial charge >= 0.3 is 5.51 Å². The van der Waals surface area contributed by atoms with E-state index in [4.69, 9.17) is 13.0 Å². The highest BCUT2D eigenvalue weighted by molar-refractivity contribution is 7.86. The third-order valence-electron chi connectivity index (χ3n) is 2.18. The Morgan fingerprint density at radius 2 is 1.81 bits per heavy atom. The van der Waals surface area contributed by atoms with E-state index in [2.05, 4.69) is 17.3 Å². The summed E-state index contributed by atoms with van der Waals surface area (Å²) >= 11 is 0. The quantitative estimate of drug-likeness (QED) is 0.465. The van der Waals surface area contributed by atoms with Crippen LogP contribution in [0.5, 0.6) is 0 Å². The van der Waals surface area contributed by atoms with Gasteiger partial charge in [0.25, 0.3) is 0 Å². The second kappa shape index (κ2) is 6.68. The molecule has 0 N–H and O–H groups in total. The summed E-state index contributed by atoms with van der Waals surface area (Å²) in [5.41, 5.74) is -4.38. The van der Waals surface area contributed by atoms with Crippen LogP contribution in [-0.4, -0.2) is 28.4 Å². The van der Waals surface area contributed by atoms with Crippen LogP contribution in [-0.2, 0) is 23.7 Å². The summed E-state index contributed by atoms with van der Waals surface area (Å²) in [5.74, 6) is 0. The van der Waals surface area contributed by atoms with E-state index in [1.807, 2.05) is 42.3 Å². The lowest BCUT2D eigenvalue weighted by molar-refractivity contribution is -0.732. The molecule has 2 rings (SSSR count). The highest BCUT2D eigenvalue weighted by atomic mass is 32.2. The van der Waals surface area contributed by atoms with Crippen LogP contribution in [0.1, 0.15) is 5.56 Å². The lowest BCUT2D eigenvalue weighted by Crippen LogP contribution is -2.30. The SMILES string of the molecule is C[n+]1ccn(Cc2ccccc2)n1.O=S(=O)([O-])C(F)(F)F. The molecule has 21 heavy (non-hydrogen) atoms. The van der Waals surface area contributed by atoms with E-state index in [0.717, 1.165) is 6.54 Å². The van der Waals surface area contributed by atoms with Crippen LogP contribution in [0.25, 0.3) is 0 Å². The molecule has 0 atom stereocenters. The van der Waals surface area contributed by atoms with Crippen LogP contribution < -0.4 is 4.68 Å². The predicted molar refractivity (Wildman–Crippen MR) is 64.7 cm³/mol. The summed E-state index contributed by atoms with van der Waals surface area (Å²) in [6.45, 7) is 0.835. The maximum Gasteiger partial charge on any atom is 0.485 e.